The molecule has 0 aliphatic rings. The molecule has 0 atom stereocenters. The normalized spacial score (nSPS) is 11.1. The molecule has 3 aromatic carbocycles. The number of carbonyl (C=O) groups excluding carboxylic acids is 1. The van der Waals surface area contributed by atoms with Gasteiger partial charge in [0, 0.05) is 17.5 Å². The number of carboxylic acids is 1. The highest BCUT2D eigenvalue weighted by Gasteiger charge is 2.14. The van der Waals surface area contributed by atoms with Crippen molar-refractivity contribution in [2.75, 3.05) is 24.7 Å². The lowest BCUT2D eigenvalue weighted by atomic mass is 9.98. The van der Waals surface area contributed by atoms with Crippen LogP contribution in [0.1, 0.15) is 112 Å². The van der Waals surface area contributed by atoms with Gasteiger partial charge in [0.25, 0.3) is 0 Å². The van der Waals surface area contributed by atoms with Crippen LogP contribution in [-0.2, 0) is 11.2 Å². The summed E-state index contributed by atoms with van der Waals surface area (Å²) >= 11 is 0. The Balaban J connectivity index is 1.20. The molecule has 0 saturated carbocycles. The van der Waals surface area contributed by atoms with Crippen LogP contribution in [-0.4, -0.2) is 30.3 Å². The molecular weight excluding hydrogens is 592 g/mol. The molecule has 0 spiro atoms. The van der Waals surface area contributed by atoms with E-state index in [4.69, 9.17) is 25.7 Å². The summed E-state index contributed by atoms with van der Waals surface area (Å²) in [5.74, 6) is 0.650. The van der Waals surface area contributed by atoms with Gasteiger partial charge in [0.15, 0.2) is 0 Å². The molecule has 3 rings (SSSR count). The largest absolute Gasteiger partial charge is 0.494 e. The Morgan fingerprint density at radius 3 is 1.77 bits per heavy atom. The number of esters is 1. The molecule has 0 aromatic heterocycles. The summed E-state index contributed by atoms with van der Waals surface area (Å²) < 4.78 is 17.0. The fourth-order valence-corrected chi connectivity index (χ4v) is 5.33. The second-order valence-corrected chi connectivity index (χ2v) is 11.9. The molecule has 0 saturated heterocycles. The first kappa shape index (κ1) is 37.0. The van der Waals surface area contributed by atoms with Crippen molar-refractivity contribution in [1.29, 1.82) is 0 Å². The zero-order valence-corrected chi connectivity index (χ0v) is 27.9. The number of anilines is 2. The zero-order valence-electron chi connectivity index (χ0n) is 27.9. The molecule has 0 unspecified atom stereocenters. The predicted molar refractivity (Wildman–Crippen MR) is 190 cm³/mol. The van der Waals surface area contributed by atoms with E-state index in [0.29, 0.717) is 42.3 Å². The highest BCUT2D eigenvalue weighted by atomic mass is 16.5. The first-order chi connectivity index (χ1) is 22.9. The number of unbranched alkanes of at least 4 members (excludes halogenated alkanes) is 11. The number of nitrogen functional groups attached to an aromatic ring is 2. The molecule has 3 aromatic rings. The maximum atomic E-state index is 12.2. The van der Waals surface area contributed by atoms with Gasteiger partial charge in [-0.15, -0.1) is 0 Å². The summed E-state index contributed by atoms with van der Waals surface area (Å²) in [7, 11) is 0. The second-order valence-electron chi connectivity index (χ2n) is 11.9. The van der Waals surface area contributed by atoms with Crippen molar-refractivity contribution in [3.63, 3.8) is 0 Å². The van der Waals surface area contributed by atoms with E-state index in [2.05, 4.69) is 6.92 Å². The molecule has 8 heteroatoms. The third kappa shape index (κ3) is 14.7. The number of hydrogen-bond donors (Lipinski definition) is 3. The molecule has 0 aliphatic heterocycles. The van der Waals surface area contributed by atoms with E-state index in [9.17, 15) is 14.7 Å². The smallest absolute Gasteiger partial charge is 0.336 e. The molecule has 0 radical (unpaired) electrons. The van der Waals surface area contributed by atoms with Crippen LogP contribution in [0.25, 0.3) is 6.08 Å². The van der Waals surface area contributed by atoms with Crippen LogP contribution in [0.15, 0.2) is 66.7 Å². The van der Waals surface area contributed by atoms with E-state index in [1.165, 1.54) is 57.1 Å². The lowest BCUT2D eigenvalue weighted by molar-refractivity contribution is -0.128. The Kier molecular flexibility index (Phi) is 16.8. The number of carboxylic acid groups (broad SMARTS) is 1. The number of hydrogen-bond acceptors (Lipinski definition) is 7. The first-order valence-corrected chi connectivity index (χ1v) is 17.1. The van der Waals surface area contributed by atoms with Gasteiger partial charge >= 0.3 is 11.9 Å². The van der Waals surface area contributed by atoms with Crippen molar-refractivity contribution in [2.24, 2.45) is 0 Å². The van der Waals surface area contributed by atoms with Gasteiger partial charge < -0.3 is 30.8 Å². The van der Waals surface area contributed by atoms with Gasteiger partial charge in [0.1, 0.15) is 17.2 Å². The molecule has 0 aliphatic carbocycles. The number of rotatable bonds is 23. The minimum atomic E-state index is -0.983. The van der Waals surface area contributed by atoms with Crippen molar-refractivity contribution < 1.29 is 28.9 Å². The van der Waals surface area contributed by atoms with Gasteiger partial charge in [-0.2, -0.15) is 0 Å². The van der Waals surface area contributed by atoms with Crippen LogP contribution in [0.2, 0.25) is 0 Å². The van der Waals surface area contributed by atoms with Gasteiger partial charge in [0.2, 0.25) is 0 Å². The van der Waals surface area contributed by atoms with Crippen molar-refractivity contribution in [3.05, 3.63) is 83.4 Å². The number of carbonyl (C=O) groups is 2. The van der Waals surface area contributed by atoms with Gasteiger partial charge in [-0.05, 0) is 91.4 Å². The Morgan fingerprint density at radius 2 is 1.19 bits per heavy atom. The molecular formula is C39H52N2O6. The lowest BCUT2D eigenvalue weighted by Gasteiger charge is -2.11. The predicted octanol–water partition coefficient (Wildman–Crippen LogP) is 9.26. The highest BCUT2D eigenvalue weighted by Crippen LogP contribution is 2.24. The van der Waals surface area contributed by atoms with E-state index in [1.807, 2.05) is 36.4 Å². The Morgan fingerprint density at radius 1 is 0.681 bits per heavy atom. The number of ether oxygens (including phenoxy) is 3. The van der Waals surface area contributed by atoms with Gasteiger partial charge in [-0.25, -0.2) is 9.59 Å². The van der Waals surface area contributed by atoms with Gasteiger partial charge in [-0.1, -0.05) is 83.3 Å². The topological polar surface area (TPSA) is 134 Å². The van der Waals surface area contributed by atoms with Crippen molar-refractivity contribution in [1.82, 2.24) is 0 Å². The minimum absolute atomic E-state index is 0.215. The maximum Gasteiger partial charge on any atom is 0.336 e. The fourth-order valence-electron chi connectivity index (χ4n) is 5.33. The summed E-state index contributed by atoms with van der Waals surface area (Å²) in [5, 5.41) is 9.42. The summed E-state index contributed by atoms with van der Waals surface area (Å²) in [6.07, 6.45) is 18.5. The summed E-state index contributed by atoms with van der Waals surface area (Å²) in [4.78, 5) is 23.7. The van der Waals surface area contributed by atoms with Crippen LogP contribution < -0.4 is 25.7 Å². The van der Waals surface area contributed by atoms with Crippen molar-refractivity contribution in [3.8, 4) is 17.2 Å². The van der Waals surface area contributed by atoms with Crippen LogP contribution in [0.5, 0.6) is 17.2 Å². The van der Waals surface area contributed by atoms with E-state index >= 15 is 0 Å². The third-order valence-electron chi connectivity index (χ3n) is 7.98. The number of benzene rings is 3. The van der Waals surface area contributed by atoms with Crippen LogP contribution >= 0.6 is 0 Å². The second kappa shape index (κ2) is 21.4. The van der Waals surface area contributed by atoms with Gasteiger partial charge in [0.05, 0.1) is 18.8 Å². The Hall–Kier alpha value is -4.46. The Labute approximate surface area is 280 Å². The molecule has 254 valence electrons. The van der Waals surface area contributed by atoms with Crippen molar-refractivity contribution >= 4 is 29.4 Å². The molecule has 8 nitrogen and oxygen atoms in total. The lowest BCUT2D eigenvalue weighted by Crippen LogP contribution is -2.07. The van der Waals surface area contributed by atoms with Crippen LogP contribution in [0, 0.1) is 0 Å². The molecule has 47 heavy (non-hydrogen) atoms. The van der Waals surface area contributed by atoms with Crippen LogP contribution in [0.4, 0.5) is 11.4 Å². The first-order valence-electron chi connectivity index (χ1n) is 17.1. The van der Waals surface area contributed by atoms with Gasteiger partial charge in [-0.3, -0.25) is 0 Å². The molecule has 0 amide bonds. The van der Waals surface area contributed by atoms with Crippen molar-refractivity contribution in [2.45, 2.75) is 96.8 Å². The average molecular weight is 645 g/mol. The van der Waals surface area contributed by atoms with E-state index in [0.717, 1.165) is 55.6 Å². The fraction of sp³-hybridized carbons (Fsp3) is 0.436. The average Bonchev–Trinajstić information content (AvgIpc) is 3.06. The zero-order chi connectivity index (χ0) is 33.7. The number of nitrogens with two attached hydrogens (primary N) is 2. The monoisotopic (exact) mass is 644 g/mol. The summed E-state index contributed by atoms with van der Waals surface area (Å²) in [5.41, 5.74) is 14.4. The SMILES string of the molecule is CCCCCCOc1ccc(OC(=O)/C=C/c2ccc(OCCCCCCCCCCCc3c(N)cc(N)cc3C(=O)O)cc2)cc1. The quantitative estimate of drug-likeness (QED) is 0.0306. The Bertz CT molecular complexity index is 1390. The third-order valence-corrected chi connectivity index (χ3v) is 7.98. The maximum absolute atomic E-state index is 12.2. The number of aromatic carboxylic acids is 1. The molecule has 0 fully saturated rings. The minimum Gasteiger partial charge on any atom is -0.494 e. The van der Waals surface area contributed by atoms with E-state index in [1.54, 1.807) is 24.3 Å². The summed E-state index contributed by atoms with van der Waals surface area (Å²) in [6, 6.07) is 17.9. The standard InChI is InChI=1S/C39H52N2O6/c1-2-3-4-13-26-46-33-21-23-34(24-22-33)47-38(42)25-18-30-16-19-32(20-17-30)45-27-14-11-9-7-5-6-8-10-12-15-35-36(39(43)44)28-31(40)29-37(35)41/h16-25,28-29H,2-15,26-27,40-41H2,1H3,(H,43,44)/b25-18+. The van der Waals surface area contributed by atoms with E-state index < -0.39 is 11.9 Å². The van der Waals surface area contributed by atoms with E-state index in [-0.39, 0.29) is 5.56 Å². The molecule has 5 N–H and O–H groups in total. The summed E-state index contributed by atoms with van der Waals surface area (Å²) in [6.45, 7) is 3.56. The molecule has 0 bridgehead atoms. The van der Waals surface area contributed by atoms with Crippen LogP contribution in [0.3, 0.4) is 0 Å². The molecule has 0 heterocycles. The highest BCUT2D eigenvalue weighted by molar-refractivity contribution is 5.92.